The van der Waals surface area contributed by atoms with Crippen molar-refractivity contribution in [2.45, 2.75) is 32.9 Å². The van der Waals surface area contributed by atoms with Crippen molar-refractivity contribution in [1.29, 1.82) is 0 Å². The summed E-state index contributed by atoms with van der Waals surface area (Å²) in [5, 5.41) is 5.96. The highest BCUT2D eigenvalue weighted by atomic mass is 19.1. The number of rotatable bonds is 3. The Morgan fingerprint density at radius 1 is 1.71 bits per heavy atom. The zero-order valence-electron chi connectivity index (χ0n) is 8.43. The zero-order chi connectivity index (χ0) is 10.8. The summed E-state index contributed by atoms with van der Waals surface area (Å²) in [6.07, 6.45) is 0.342. The Morgan fingerprint density at radius 3 is 2.79 bits per heavy atom. The van der Waals surface area contributed by atoms with Crippen LogP contribution in [-0.2, 0) is 10.5 Å². The van der Waals surface area contributed by atoms with Crippen LogP contribution in [-0.4, -0.2) is 11.1 Å². The third kappa shape index (κ3) is 2.55. The van der Waals surface area contributed by atoms with Crippen LogP contribution in [0.25, 0.3) is 0 Å². The van der Waals surface area contributed by atoms with E-state index in [2.05, 4.69) is 10.5 Å². The maximum absolute atomic E-state index is 13.3. The predicted octanol–water partition coefficient (Wildman–Crippen LogP) is 2.23. The second-order valence-electron chi connectivity index (χ2n) is 3.45. The first-order valence-corrected chi connectivity index (χ1v) is 4.39. The lowest BCUT2D eigenvalue weighted by atomic mass is 10.1. The zero-order valence-corrected chi connectivity index (χ0v) is 8.43. The molecule has 1 aromatic rings. The van der Waals surface area contributed by atoms with Crippen LogP contribution in [0, 0.1) is 0 Å². The van der Waals surface area contributed by atoms with Crippen molar-refractivity contribution in [2.75, 3.05) is 5.32 Å². The molecule has 0 saturated heterocycles. The van der Waals surface area contributed by atoms with E-state index in [-0.39, 0.29) is 17.5 Å². The fraction of sp³-hybridized carbons (Fsp3) is 0.556. The van der Waals surface area contributed by atoms with Crippen LogP contribution in [0.4, 0.5) is 10.3 Å². The van der Waals surface area contributed by atoms with Crippen LogP contribution in [0.3, 0.4) is 0 Å². The van der Waals surface area contributed by atoms with Gasteiger partial charge in [-0.1, -0.05) is 12.1 Å². The van der Waals surface area contributed by atoms with Crippen LogP contribution in [0.2, 0.25) is 0 Å². The van der Waals surface area contributed by atoms with Crippen LogP contribution in [0.1, 0.15) is 32.9 Å². The number of nitrogens with one attached hydrogen (secondary N) is 1. The van der Waals surface area contributed by atoms with Crippen molar-refractivity contribution in [3.05, 3.63) is 11.8 Å². The van der Waals surface area contributed by atoms with E-state index in [9.17, 15) is 9.18 Å². The number of nitrogens with zero attached hydrogens (tertiary/aromatic N) is 1. The number of hydrogen-bond donors (Lipinski definition) is 1. The molecule has 1 heterocycles. The minimum absolute atomic E-state index is 0.170. The van der Waals surface area contributed by atoms with E-state index in [1.54, 1.807) is 6.92 Å². The molecule has 0 aliphatic rings. The van der Waals surface area contributed by atoms with Gasteiger partial charge in [0.05, 0.1) is 0 Å². The van der Waals surface area contributed by atoms with Gasteiger partial charge in [0.25, 0.3) is 0 Å². The molecule has 14 heavy (non-hydrogen) atoms. The number of hydrogen-bond acceptors (Lipinski definition) is 3. The highest BCUT2D eigenvalue weighted by molar-refractivity contribution is 5.89. The molecule has 1 N–H and O–H groups in total. The van der Waals surface area contributed by atoms with Crippen molar-refractivity contribution in [2.24, 2.45) is 0 Å². The van der Waals surface area contributed by atoms with E-state index in [0.29, 0.717) is 6.42 Å². The van der Waals surface area contributed by atoms with Crippen molar-refractivity contribution >= 4 is 11.8 Å². The molecule has 0 aliphatic carbocycles. The van der Waals surface area contributed by atoms with Gasteiger partial charge in [0.15, 0.2) is 5.67 Å². The van der Waals surface area contributed by atoms with Crippen molar-refractivity contribution in [1.82, 2.24) is 5.16 Å². The third-order valence-electron chi connectivity index (χ3n) is 1.70. The van der Waals surface area contributed by atoms with Crippen molar-refractivity contribution in [3.63, 3.8) is 0 Å². The molecular weight excluding hydrogens is 187 g/mol. The van der Waals surface area contributed by atoms with Gasteiger partial charge in [-0.25, -0.2) is 4.39 Å². The predicted molar refractivity (Wildman–Crippen MR) is 49.6 cm³/mol. The van der Waals surface area contributed by atoms with Gasteiger partial charge >= 0.3 is 0 Å². The van der Waals surface area contributed by atoms with E-state index in [4.69, 9.17) is 4.52 Å². The Morgan fingerprint density at radius 2 is 2.36 bits per heavy atom. The highest BCUT2D eigenvalue weighted by Gasteiger charge is 2.23. The molecule has 1 aromatic heterocycles. The molecule has 0 atom stereocenters. The van der Waals surface area contributed by atoms with Gasteiger partial charge in [-0.05, 0) is 13.8 Å². The minimum Gasteiger partial charge on any atom is -0.338 e. The van der Waals surface area contributed by atoms with E-state index < -0.39 is 5.67 Å². The number of carbonyl (C=O) groups is 1. The van der Waals surface area contributed by atoms with E-state index in [1.807, 2.05) is 0 Å². The van der Waals surface area contributed by atoms with Gasteiger partial charge in [-0.15, -0.1) is 0 Å². The fourth-order valence-electron chi connectivity index (χ4n) is 0.840. The van der Waals surface area contributed by atoms with Crippen LogP contribution in [0.15, 0.2) is 10.6 Å². The Balaban J connectivity index is 2.74. The number of carbonyl (C=O) groups excluding carboxylic acids is 1. The molecule has 0 spiro atoms. The Kier molecular flexibility index (Phi) is 2.88. The number of anilines is 1. The Bertz CT molecular complexity index is 328. The maximum atomic E-state index is 13.3. The smallest absolute Gasteiger partial charge is 0.231 e. The molecule has 0 aromatic carbocycles. The van der Waals surface area contributed by atoms with Crippen LogP contribution < -0.4 is 5.32 Å². The highest BCUT2D eigenvalue weighted by Crippen LogP contribution is 2.25. The number of amides is 1. The average Bonchev–Trinajstić information content (AvgIpc) is 2.51. The fourth-order valence-corrected chi connectivity index (χ4v) is 0.840. The molecule has 0 bridgehead atoms. The number of aromatic nitrogens is 1. The summed E-state index contributed by atoms with van der Waals surface area (Å²) in [7, 11) is 0. The second-order valence-corrected chi connectivity index (χ2v) is 3.45. The summed E-state index contributed by atoms with van der Waals surface area (Å²) < 4.78 is 18.1. The maximum Gasteiger partial charge on any atom is 0.231 e. The van der Waals surface area contributed by atoms with Gasteiger partial charge in [-0.2, -0.15) is 0 Å². The van der Waals surface area contributed by atoms with Crippen LogP contribution in [0.5, 0.6) is 0 Å². The number of halogens is 1. The standard InChI is InChI=1S/C9H13FN2O2/c1-4-7(13)11-8-5-6(12-14-8)9(2,3)10/h5H,4H2,1-3H3,(H,11,13). The summed E-state index contributed by atoms with van der Waals surface area (Å²) in [5.41, 5.74) is -1.39. The summed E-state index contributed by atoms with van der Waals surface area (Å²) in [6.45, 7) is 4.46. The minimum atomic E-state index is -1.56. The molecule has 0 fully saturated rings. The molecule has 4 nitrogen and oxygen atoms in total. The van der Waals surface area contributed by atoms with Crippen LogP contribution >= 0.6 is 0 Å². The molecule has 0 unspecified atom stereocenters. The molecule has 0 saturated carbocycles. The van der Waals surface area contributed by atoms with E-state index in [1.165, 1.54) is 19.9 Å². The van der Waals surface area contributed by atoms with Gasteiger partial charge in [0.1, 0.15) is 5.69 Å². The molecule has 5 heteroatoms. The van der Waals surface area contributed by atoms with Crippen molar-refractivity contribution < 1.29 is 13.7 Å². The quantitative estimate of drug-likeness (QED) is 0.813. The Hall–Kier alpha value is -1.39. The van der Waals surface area contributed by atoms with Crippen molar-refractivity contribution in [3.8, 4) is 0 Å². The Labute approximate surface area is 81.5 Å². The molecule has 0 aliphatic heterocycles. The first kappa shape index (κ1) is 10.7. The summed E-state index contributed by atoms with van der Waals surface area (Å²) in [5.74, 6) is -0.0121. The molecule has 0 radical (unpaired) electrons. The largest absolute Gasteiger partial charge is 0.338 e. The average molecular weight is 200 g/mol. The third-order valence-corrected chi connectivity index (χ3v) is 1.70. The molecular formula is C9H13FN2O2. The first-order chi connectivity index (χ1) is 6.43. The van der Waals surface area contributed by atoms with Gasteiger partial charge < -0.3 is 4.52 Å². The molecule has 1 rings (SSSR count). The lowest BCUT2D eigenvalue weighted by Gasteiger charge is -2.07. The summed E-state index contributed by atoms with van der Waals surface area (Å²) in [4.78, 5) is 10.9. The van der Waals surface area contributed by atoms with E-state index >= 15 is 0 Å². The van der Waals surface area contributed by atoms with Gasteiger partial charge in [-0.3, -0.25) is 10.1 Å². The molecule has 1 amide bonds. The first-order valence-electron chi connectivity index (χ1n) is 4.39. The lowest BCUT2D eigenvalue weighted by molar-refractivity contribution is -0.116. The topological polar surface area (TPSA) is 55.1 Å². The lowest BCUT2D eigenvalue weighted by Crippen LogP contribution is -2.10. The SMILES string of the molecule is CCC(=O)Nc1cc(C(C)(C)F)no1. The number of alkyl halides is 1. The van der Waals surface area contributed by atoms with Gasteiger partial charge in [0.2, 0.25) is 11.8 Å². The monoisotopic (exact) mass is 200 g/mol. The summed E-state index contributed by atoms with van der Waals surface area (Å²) in [6, 6.07) is 1.38. The normalized spacial score (nSPS) is 11.4. The second kappa shape index (κ2) is 3.77. The van der Waals surface area contributed by atoms with Gasteiger partial charge in [0, 0.05) is 12.5 Å². The van der Waals surface area contributed by atoms with E-state index in [0.717, 1.165) is 0 Å². The summed E-state index contributed by atoms with van der Waals surface area (Å²) >= 11 is 0. The molecule has 78 valence electrons.